The Kier molecular flexibility index (Phi) is 5.49. The van der Waals surface area contributed by atoms with Gasteiger partial charge in [-0.15, -0.1) is 0 Å². The maximum atomic E-state index is 12.4. The molecule has 0 fully saturated rings. The number of methoxy groups -OCH3 is 1. The van der Waals surface area contributed by atoms with Crippen molar-refractivity contribution in [2.45, 2.75) is 13.5 Å². The van der Waals surface area contributed by atoms with Gasteiger partial charge >= 0.3 is 0 Å². The summed E-state index contributed by atoms with van der Waals surface area (Å²) in [5, 5.41) is 3.31. The number of nitrogens with one attached hydrogen (secondary N) is 1. The molecule has 0 atom stereocenters. The molecule has 0 saturated heterocycles. The molecule has 3 aromatic rings. The van der Waals surface area contributed by atoms with Gasteiger partial charge in [0.2, 0.25) is 0 Å². The van der Waals surface area contributed by atoms with Crippen LogP contribution in [0.2, 0.25) is 5.02 Å². The first-order valence-corrected chi connectivity index (χ1v) is 8.36. The number of carbonyl (C=O) groups is 1. The normalized spacial score (nSPS) is 10.4. The van der Waals surface area contributed by atoms with Gasteiger partial charge in [-0.05, 0) is 48.9 Å². The van der Waals surface area contributed by atoms with Crippen molar-refractivity contribution in [3.63, 3.8) is 0 Å². The van der Waals surface area contributed by atoms with Crippen LogP contribution in [-0.2, 0) is 6.61 Å². The molecular formula is C20H18ClNO4. The average Bonchev–Trinajstić information content (AvgIpc) is 3.10. The zero-order valence-electron chi connectivity index (χ0n) is 14.4. The van der Waals surface area contributed by atoms with Gasteiger partial charge in [0.25, 0.3) is 5.91 Å². The largest absolute Gasteiger partial charge is 0.495 e. The third kappa shape index (κ3) is 4.18. The van der Waals surface area contributed by atoms with Crippen LogP contribution in [0.15, 0.2) is 59.0 Å². The highest BCUT2D eigenvalue weighted by Gasteiger charge is 2.14. The number of rotatable bonds is 6. The summed E-state index contributed by atoms with van der Waals surface area (Å²) >= 11 is 6.05. The van der Waals surface area contributed by atoms with Gasteiger partial charge in [-0.2, -0.15) is 0 Å². The number of carbonyl (C=O) groups excluding carboxylic acids is 1. The Hall–Kier alpha value is -2.92. The Morgan fingerprint density at radius 3 is 2.69 bits per heavy atom. The lowest BCUT2D eigenvalue weighted by Gasteiger charge is -2.10. The third-order valence-corrected chi connectivity index (χ3v) is 4.01. The molecule has 0 unspecified atom stereocenters. The number of amides is 1. The second kappa shape index (κ2) is 7.97. The number of ether oxygens (including phenoxy) is 2. The summed E-state index contributed by atoms with van der Waals surface area (Å²) in [6.45, 7) is 2.11. The van der Waals surface area contributed by atoms with Gasteiger partial charge in [0.15, 0.2) is 5.76 Å². The minimum absolute atomic E-state index is 0.171. The average molecular weight is 372 g/mol. The molecule has 0 aliphatic carbocycles. The molecule has 1 amide bonds. The molecule has 1 heterocycles. The van der Waals surface area contributed by atoms with Gasteiger partial charge in [-0.25, -0.2) is 0 Å². The molecule has 6 heteroatoms. The van der Waals surface area contributed by atoms with Crippen molar-refractivity contribution >= 4 is 23.2 Å². The van der Waals surface area contributed by atoms with Crippen molar-refractivity contribution in [3.05, 3.63) is 76.7 Å². The summed E-state index contributed by atoms with van der Waals surface area (Å²) in [5.74, 6) is 1.48. The molecule has 0 aliphatic heterocycles. The maximum absolute atomic E-state index is 12.4. The van der Waals surface area contributed by atoms with Crippen molar-refractivity contribution in [3.8, 4) is 11.5 Å². The number of para-hydroxylation sites is 1. The highest BCUT2D eigenvalue weighted by Crippen LogP contribution is 2.27. The summed E-state index contributed by atoms with van der Waals surface area (Å²) in [7, 11) is 1.55. The van der Waals surface area contributed by atoms with E-state index in [1.54, 1.807) is 37.4 Å². The predicted molar refractivity (Wildman–Crippen MR) is 100 cm³/mol. The highest BCUT2D eigenvalue weighted by atomic mass is 35.5. The van der Waals surface area contributed by atoms with Crippen LogP contribution >= 0.6 is 11.6 Å². The lowest BCUT2D eigenvalue weighted by atomic mass is 10.2. The van der Waals surface area contributed by atoms with Crippen LogP contribution < -0.4 is 14.8 Å². The number of anilines is 1. The van der Waals surface area contributed by atoms with Crippen molar-refractivity contribution in [1.82, 2.24) is 0 Å². The monoisotopic (exact) mass is 371 g/mol. The summed E-state index contributed by atoms with van der Waals surface area (Å²) in [5.41, 5.74) is 1.59. The summed E-state index contributed by atoms with van der Waals surface area (Å²) in [6, 6.07) is 16.0. The molecule has 0 saturated carbocycles. The number of aryl methyl sites for hydroxylation is 1. The number of furan rings is 1. The molecule has 1 N–H and O–H groups in total. The van der Waals surface area contributed by atoms with Crippen LogP contribution in [0, 0.1) is 6.92 Å². The van der Waals surface area contributed by atoms with Crippen molar-refractivity contribution in [2.24, 2.45) is 0 Å². The Balaban J connectivity index is 1.67. The van der Waals surface area contributed by atoms with Crippen LogP contribution in [0.3, 0.4) is 0 Å². The molecule has 26 heavy (non-hydrogen) atoms. The Morgan fingerprint density at radius 1 is 1.12 bits per heavy atom. The highest BCUT2D eigenvalue weighted by molar-refractivity contribution is 6.32. The van der Waals surface area contributed by atoms with Gasteiger partial charge in [0.05, 0.1) is 17.8 Å². The second-order valence-corrected chi connectivity index (χ2v) is 6.05. The second-order valence-electron chi connectivity index (χ2n) is 5.64. The van der Waals surface area contributed by atoms with Gasteiger partial charge in [-0.1, -0.05) is 29.8 Å². The number of hydrogen-bond acceptors (Lipinski definition) is 4. The van der Waals surface area contributed by atoms with E-state index in [4.69, 9.17) is 25.5 Å². The summed E-state index contributed by atoms with van der Waals surface area (Å²) in [6.07, 6.45) is 0. The van der Waals surface area contributed by atoms with E-state index in [1.807, 2.05) is 31.2 Å². The predicted octanol–water partition coefficient (Wildman–Crippen LogP) is 5.08. The number of halogens is 1. The Labute approximate surface area is 156 Å². The molecule has 0 aliphatic rings. The molecule has 0 bridgehead atoms. The zero-order chi connectivity index (χ0) is 18.5. The molecule has 3 rings (SSSR count). The molecule has 0 spiro atoms. The topological polar surface area (TPSA) is 60.7 Å². The Morgan fingerprint density at radius 2 is 1.92 bits per heavy atom. The van der Waals surface area contributed by atoms with E-state index < -0.39 is 0 Å². The molecule has 5 nitrogen and oxygen atoms in total. The maximum Gasteiger partial charge on any atom is 0.291 e. The molecule has 1 aromatic heterocycles. The van der Waals surface area contributed by atoms with Gasteiger partial charge in [-0.3, -0.25) is 4.79 Å². The standard InChI is InChI=1S/C20H18ClNO4/c1-13-7-9-18(24-2)16(11-13)22-20(23)19-10-8-14(26-19)12-25-17-6-4-3-5-15(17)21/h3-11H,12H2,1-2H3,(H,22,23). The third-order valence-electron chi connectivity index (χ3n) is 3.70. The van der Waals surface area contributed by atoms with Crippen LogP contribution in [0.25, 0.3) is 0 Å². The van der Waals surface area contributed by atoms with Crippen molar-refractivity contribution < 1.29 is 18.7 Å². The number of benzene rings is 2. The zero-order valence-corrected chi connectivity index (χ0v) is 15.2. The summed E-state index contributed by atoms with van der Waals surface area (Å²) in [4.78, 5) is 12.4. The fourth-order valence-corrected chi connectivity index (χ4v) is 2.58. The van der Waals surface area contributed by atoms with Crippen molar-refractivity contribution in [2.75, 3.05) is 12.4 Å². The lowest BCUT2D eigenvalue weighted by molar-refractivity contribution is 0.0992. The van der Waals surface area contributed by atoms with Crippen LogP contribution in [0.1, 0.15) is 21.9 Å². The molecular weight excluding hydrogens is 354 g/mol. The molecule has 0 radical (unpaired) electrons. The van der Waals surface area contributed by atoms with E-state index in [1.165, 1.54) is 0 Å². The van der Waals surface area contributed by atoms with E-state index in [2.05, 4.69) is 5.32 Å². The van der Waals surface area contributed by atoms with Gasteiger partial charge < -0.3 is 19.2 Å². The van der Waals surface area contributed by atoms with Gasteiger partial charge in [0.1, 0.15) is 23.9 Å². The molecule has 134 valence electrons. The van der Waals surface area contributed by atoms with Crippen LogP contribution in [0.5, 0.6) is 11.5 Å². The smallest absolute Gasteiger partial charge is 0.291 e. The van der Waals surface area contributed by atoms with E-state index >= 15 is 0 Å². The first-order valence-electron chi connectivity index (χ1n) is 7.99. The quantitative estimate of drug-likeness (QED) is 0.656. The first kappa shape index (κ1) is 17.9. The fraction of sp³-hybridized carbons (Fsp3) is 0.150. The van der Waals surface area contributed by atoms with Crippen molar-refractivity contribution in [1.29, 1.82) is 0 Å². The van der Waals surface area contributed by atoms with Gasteiger partial charge in [0, 0.05) is 0 Å². The van der Waals surface area contributed by atoms with E-state index in [0.717, 1.165) is 5.56 Å². The SMILES string of the molecule is COc1ccc(C)cc1NC(=O)c1ccc(COc2ccccc2Cl)o1. The van der Waals surface area contributed by atoms with Crippen LogP contribution in [-0.4, -0.2) is 13.0 Å². The minimum Gasteiger partial charge on any atom is -0.495 e. The molecule has 2 aromatic carbocycles. The van der Waals surface area contributed by atoms with E-state index in [0.29, 0.717) is 28.0 Å². The van der Waals surface area contributed by atoms with Crippen LogP contribution in [0.4, 0.5) is 5.69 Å². The lowest BCUT2D eigenvalue weighted by Crippen LogP contribution is -2.12. The number of hydrogen-bond donors (Lipinski definition) is 1. The van der Waals surface area contributed by atoms with E-state index in [-0.39, 0.29) is 18.3 Å². The first-order chi connectivity index (χ1) is 12.6. The van der Waals surface area contributed by atoms with E-state index in [9.17, 15) is 4.79 Å². The fourth-order valence-electron chi connectivity index (χ4n) is 2.39. The minimum atomic E-state index is -0.363. The Bertz CT molecular complexity index is 920. The summed E-state index contributed by atoms with van der Waals surface area (Å²) < 4.78 is 16.4.